The lowest BCUT2D eigenvalue weighted by molar-refractivity contribution is 0.0538. The standard InChI is InChI=1S/C22H31NO3/c1-17-10-11-18(2)22(19(17)3)26-16-21(24)15-23(12-13-25-4)14-20-8-6-5-7-9-20/h5-11,21,24H,12-16H2,1-4H3. The first-order valence-corrected chi connectivity index (χ1v) is 9.14. The van der Waals surface area contributed by atoms with Gasteiger partial charge >= 0.3 is 0 Å². The van der Waals surface area contributed by atoms with Crippen molar-refractivity contribution < 1.29 is 14.6 Å². The smallest absolute Gasteiger partial charge is 0.125 e. The molecule has 0 aliphatic carbocycles. The zero-order valence-electron chi connectivity index (χ0n) is 16.4. The van der Waals surface area contributed by atoms with Gasteiger partial charge in [0.25, 0.3) is 0 Å². The molecule has 2 aromatic carbocycles. The van der Waals surface area contributed by atoms with Crippen molar-refractivity contribution in [2.24, 2.45) is 0 Å². The Kier molecular flexibility index (Phi) is 8.10. The van der Waals surface area contributed by atoms with Crippen LogP contribution < -0.4 is 4.74 Å². The van der Waals surface area contributed by atoms with Gasteiger partial charge in [0.05, 0.1) is 6.61 Å². The van der Waals surface area contributed by atoms with E-state index in [-0.39, 0.29) is 6.61 Å². The Hall–Kier alpha value is -1.88. The normalized spacial score (nSPS) is 12.4. The fourth-order valence-electron chi connectivity index (χ4n) is 2.97. The minimum atomic E-state index is -0.560. The summed E-state index contributed by atoms with van der Waals surface area (Å²) in [6.07, 6.45) is -0.560. The van der Waals surface area contributed by atoms with Crippen LogP contribution in [0.5, 0.6) is 5.75 Å². The molecule has 2 aromatic rings. The second-order valence-electron chi connectivity index (χ2n) is 6.83. The molecular weight excluding hydrogens is 326 g/mol. The van der Waals surface area contributed by atoms with Gasteiger partial charge in [-0.1, -0.05) is 42.5 Å². The maximum absolute atomic E-state index is 10.5. The molecule has 26 heavy (non-hydrogen) atoms. The summed E-state index contributed by atoms with van der Waals surface area (Å²) in [4.78, 5) is 2.20. The van der Waals surface area contributed by atoms with Gasteiger partial charge in [0.2, 0.25) is 0 Å². The highest BCUT2D eigenvalue weighted by molar-refractivity contribution is 5.44. The third-order valence-electron chi connectivity index (χ3n) is 4.62. The van der Waals surface area contributed by atoms with E-state index in [2.05, 4.69) is 43.0 Å². The quantitative estimate of drug-likeness (QED) is 0.707. The summed E-state index contributed by atoms with van der Waals surface area (Å²) < 4.78 is 11.2. The van der Waals surface area contributed by atoms with E-state index in [0.29, 0.717) is 13.2 Å². The first-order valence-electron chi connectivity index (χ1n) is 9.14. The van der Waals surface area contributed by atoms with Gasteiger partial charge in [0, 0.05) is 26.7 Å². The molecule has 0 aromatic heterocycles. The number of aliphatic hydroxyl groups excluding tert-OH is 1. The minimum absolute atomic E-state index is 0.281. The van der Waals surface area contributed by atoms with E-state index < -0.39 is 6.10 Å². The molecule has 0 aliphatic rings. The largest absolute Gasteiger partial charge is 0.490 e. The van der Waals surface area contributed by atoms with Crippen molar-refractivity contribution in [3.63, 3.8) is 0 Å². The molecule has 0 amide bonds. The van der Waals surface area contributed by atoms with Crippen molar-refractivity contribution in [3.8, 4) is 5.75 Å². The monoisotopic (exact) mass is 357 g/mol. The van der Waals surface area contributed by atoms with Gasteiger partial charge in [0.1, 0.15) is 18.5 Å². The molecular formula is C22H31NO3. The van der Waals surface area contributed by atoms with E-state index >= 15 is 0 Å². The maximum Gasteiger partial charge on any atom is 0.125 e. The van der Waals surface area contributed by atoms with Gasteiger partial charge in [-0.3, -0.25) is 4.90 Å². The molecule has 2 rings (SSSR count). The van der Waals surface area contributed by atoms with Crippen LogP contribution in [0, 0.1) is 20.8 Å². The van der Waals surface area contributed by atoms with Crippen LogP contribution in [-0.4, -0.2) is 49.5 Å². The van der Waals surface area contributed by atoms with Gasteiger partial charge in [-0.05, 0) is 43.0 Å². The van der Waals surface area contributed by atoms with E-state index in [0.717, 1.165) is 30.0 Å². The Morgan fingerprint density at radius 3 is 2.38 bits per heavy atom. The van der Waals surface area contributed by atoms with E-state index in [1.54, 1.807) is 7.11 Å². The topological polar surface area (TPSA) is 41.9 Å². The van der Waals surface area contributed by atoms with Gasteiger partial charge in [-0.15, -0.1) is 0 Å². The van der Waals surface area contributed by atoms with Crippen LogP contribution in [0.15, 0.2) is 42.5 Å². The second-order valence-corrected chi connectivity index (χ2v) is 6.83. The fourth-order valence-corrected chi connectivity index (χ4v) is 2.97. The third kappa shape index (κ3) is 6.13. The summed E-state index contributed by atoms with van der Waals surface area (Å²) in [7, 11) is 1.70. The number of methoxy groups -OCH3 is 1. The number of hydrogen-bond donors (Lipinski definition) is 1. The molecule has 142 valence electrons. The number of nitrogens with zero attached hydrogens (tertiary/aromatic N) is 1. The Labute approximate surface area is 157 Å². The van der Waals surface area contributed by atoms with Gasteiger partial charge in [0.15, 0.2) is 0 Å². The number of rotatable bonds is 10. The van der Waals surface area contributed by atoms with Crippen LogP contribution >= 0.6 is 0 Å². The van der Waals surface area contributed by atoms with Crippen molar-refractivity contribution >= 4 is 0 Å². The lowest BCUT2D eigenvalue weighted by Gasteiger charge is -2.25. The predicted octanol–water partition coefficient (Wildman–Crippen LogP) is 3.50. The molecule has 1 N–H and O–H groups in total. The molecule has 0 saturated heterocycles. The molecule has 4 nitrogen and oxygen atoms in total. The molecule has 1 atom stereocenters. The van der Waals surface area contributed by atoms with Crippen LogP contribution in [-0.2, 0) is 11.3 Å². The van der Waals surface area contributed by atoms with Crippen LogP contribution in [0.2, 0.25) is 0 Å². The summed E-state index contributed by atoms with van der Waals surface area (Å²) in [6.45, 7) is 9.18. The average molecular weight is 357 g/mol. The maximum atomic E-state index is 10.5. The van der Waals surface area contributed by atoms with Crippen molar-refractivity contribution in [1.82, 2.24) is 4.90 Å². The molecule has 4 heteroatoms. The van der Waals surface area contributed by atoms with E-state index in [4.69, 9.17) is 9.47 Å². The first-order chi connectivity index (χ1) is 12.5. The van der Waals surface area contributed by atoms with Crippen molar-refractivity contribution in [2.75, 3.05) is 33.4 Å². The highest BCUT2D eigenvalue weighted by Gasteiger charge is 2.15. The summed E-state index contributed by atoms with van der Waals surface area (Å²) in [5.74, 6) is 0.885. The summed E-state index contributed by atoms with van der Waals surface area (Å²) in [6, 6.07) is 14.4. The summed E-state index contributed by atoms with van der Waals surface area (Å²) >= 11 is 0. The number of hydrogen-bond acceptors (Lipinski definition) is 4. The van der Waals surface area contributed by atoms with Crippen LogP contribution in [0.4, 0.5) is 0 Å². The number of aliphatic hydroxyl groups is 1. The predicted molar refractivity (Wildman–Crippen MR) is 106 cm³/mol. The molecule has 1 unspecified atom stereocenters. The van der Waals surface area contributed by atoms with Crippen LogP contribution in [0.3, 0.4) is 0 Å². The van der Waals surface area contributed by atoms with Crippen LogP contribution in [0.25, 0.3) is 0 Å². The molecule has 0 radical (unpaired) electrons. The number of benzene rings is 2. The second kappa shape index (κ2) is 10.3. The summed E-state index contributed by atoms with van der Waals surface area (Å²) in [5, 5.41) is 10.5. The molecule has 0 fully saturated rings. The Morgan fingerprint density at radius 2 is 1.69 bits per heavy atom. The molecule has 0 heterocycles. The minimum Gasteiger partial charge on any atom is -0.490 e. The van der Waals surface area contributed by atoms with E-state index in [1.165, 1.54) is 11.1 Å². The van der Waals surface area contributed by atoms with Gasteiger partial charge in [-0.25, -0.2) is 0 Å². The zero-order chi connectivity index (χ0) is 18.9. The molecule has 0 saturated carbocycles. The highest BCUT2D eigenvalue weighted by Crippen LogP contribution is 2.25. The Morgan fingerprint density at radius 1 is 1.00 bits per heavy atom. The Balaban J connectivity index is 1.94. The SMILES string of the molecule is COCCN(Cc1ccccc1)CC(O)COc1c(C)ccc(C)c1C. The Bertz CT molecular complexity index is 673. The molecule has 0 spiro atoms. The lowest BCUT2D eigenvalue weighted by atomic mass is 10.1. The van der Waals surface area contributed by atoms with E-state index in [1.807, 2.05) is 25.1 Å². The summed E-state index contributed by atoms with van der Waals surface area (Å²) in [5.41, 5.74) is 4.66. The average Bonchev–Trinajstić information content (AvgIpc) is 2.63. The van der Waals surface area contributed by atoms with E-state index in [9.17, 15) is 5.11 Å². The van der Waals surface area contributed by atoms with Crippen molar-refractivity contribution in [2.45, 2.75) is 33.4 Å². The van der Waals surface area contributed by atoms with Crippen molar-refractivity contribution in [3.05, 3.63) is 64.7 Å². The highest BCUT2D eigenvalue weighted by atomic mass is 16.5. The number of ether oxygens (including phenoxy) is 2. The first kappa shape index (κ1) is 20.4. The number of aryl methyl sites for hydroxylation is 2. The fraction of sp³-hybridized carbons (Fsp3) is 0.455. The van der Waals surface area contributed by atoms with Gasteiger partial charge < -0.3 is 14.6 Å². The van der Waals surface area contributed by atoms with Gasteiger partial charge in [-0.2, -0.15) is 0 Å². The lowest BCUT2D eigenvalue weighted by Crippen LogP contribution is -2.37. The zero-order valence-corrected chi connectivity index (χ0v) is 16.4. The molecule has 0 bridgehead atoms. The van der Waals surface area contributed by atoms with Crippen LogP contribution in [0.1, 0.15) is 22.3 Å². The van der Waals surface area contributed by atoms with Crippen molar-refractivity contribution in [1.29, 1.82) is 0 Å². The third-order valence-corrected chi connectivity index (χ3v) is 4.62. The molecule has 0 aliphatic heterocycles.